The Labute approximate surface area is 137 Å². The van der Waals surface area contributed by atoms with Crippen LogP contribution >= 0.6 is 0 Å². The van der Waals surface area contributed by atoms with Crippen LogP contribution in [0, 0.1) is 0 Å². The van der Waals surface area contributed by atoms with Gasteiger partial charge in [-0.15, -0.1) is 0 Å². The van der Waals surface area contributed by atoms with Crippen LogP contribution in [0.25, 0.3) is 0 Å². The number of methoxy groups -OCH3 is 1. The van der Waals surface area contributed by atoms with Crippen LogP contribution in [-0.2, 0) is 15.8 Å². The predicted molar refractivity (Wildman–Crippen MR) is 89.6 cm³/mol. The van der Waals surface area contributed by atoms with Crippen LogP contribution in [0.4, 0.5) is 0 Å². The van der Waals surface area contributed by atoms with Gasteiger partial charge in [-0.1, -0.05) is 42.5 Å². The number of benzene rings is 2. The lowest BCUT2D eigenvalue weighted by Gasteiger charge is -2.21. The van der Waals surface area contributed by atoms with Crippen molar-refractivity contribution in [3.05, 3.63) is 65.7 Å². The van der Waals surface area contributed by atoms with Crippen molar-refractivity contribution in [2.24, 2.45) is 0 Å². The van der Waals surface area contributed by atoms with Crippen LogP contribution in [0.15, 0.2) is 54.6 Å². The Morgan fingerprint density at radius 3 is 2.48 bits per heavy atom. The maximum atomic E-state index is 12.4. The van der Waals surface area contributed by atoms with E-state index in [9.17, 15) is 13.5 Å². The molecular formula is C17H21NO4S. The summed E-state index contributed by atoms with van der Waals surface area (Å²) in [6.45, 7) is -0.0116. The molecule has 0 aliphatic heterocycles. The quantitative estimate of drug-likeness (QED) is 0.842. The van der Waals surface area contributed by atoms with Crippen LogP contribution in [-0.4, -0.2) is 38.5 Å². The van der Waals surface area contributed by atoms with E-state index in [1.165, 1.54) is 11.4 Å². The van der Waals surface area contributed by atoms with Crippen molar-refractivity contribution < 1.29 is 18.3 Å². The van der Waals surface area contributed by atoms with Crippen LogP contribution in [0.2, 0.25) is 0 Å². The van der Waals surface area contributed by atoms with Gasteiger partial charge in [-0.2, -0.15) is 0 Å². The fraction of sp³-hybridized carbons (Fsp3) is 0.294. The molecular weight excluding hydrogens is 314 g/mol. The summed E-state index contributed by atoms with van der Waals surface area (Å²) in [5.41, 5.74) is 1.33. The smallest absolute Gasteiger partial charge is 0.218 e. The lowest BCUT2D eigenvalue weighted by atomic mass is 10.1. The number of hydrogen-bond acceptors (Lipinski definition) is 4. The van der Waals surface area contributed by atoms with Crippen LogP contribution in [0.5, 0.6) is 5.75 Å². The minimum absolute atomic E-state index is 0.0116. The highest BCUT2D eigenvalue weighted by Crippen LogP contribution is 2.21. The highest BCUT2D eigenvalue weighted by molar-refractivity contribution is 7.88. The lowest BCUT2D eigenvalue weighted by Crippen LogP contribution is -2.32. The summed E-state index contributed by atoms with van der Waals surface area (Å²) in [5.74, 6) is 0.533. The van der Waals surface area contributed by atoms with E-state index in [0.717, 1.165) is 5.56 Å². The molecule has 0 radical (unpaired) electrons. The Hall–Kier alpha value is -1.89. The fourth-order valence-corrected chi connectivity index (χ4v) is 3.41. The SMILES string of the molecule is COc1cccc(C(O)CN(C)S(=O)(=O)Cc2ccccc2)c1. The minimum Gasteiger partial charge on any atom is -0.497 e. The molecule has 1 unspecified atom stereocenters. The van der Waals surface area contributed by atoms with Gasteiger partial charge in [-0.05, 0) is 23.3 Å². The molecule has 0 fully saturated rings. The van der Waals surface area contributed by atoms with Gasteiger partial charge < -0.3 is 9.84 Å². The first-order valence-electron chi connectivity index (χ1n) is 7.22. The molecule has 0 heterocycles. The van der Waals surface area contributed by atoms with Gasteiger partial charge in [0.05, 0.1) is 19.0 Å². The molecule has 0 amide bonds. The van der Waals surface area contributed by atoms with Crippen molar-refractivity contribution in [3.63, 3.8) is 0 Å². The molecule has 124 valence electrons. The predicted octanol–water partition coefficient (Wildman–Crippen LogP) is 2.19. The van der Waals surface area contributed by atoms with Crippen molar-refractivity contribution >= 4 is 10.0 Å². The molecule has 0 spiro atoms. The van der Waals surface area contributed by atoms with E-state index in [1.54, 1.807) is 55.6 Å². The van der Waals surface area contributed by atoms with Gasteiger partial charge in [0.2, 0.25) is 10.0 Å². The van der Waals surface area contributed by atoms with Gasteiger partial charge in [0, 0.05) is 13.6 Å². The first-order chi connectivity index (χ1) is 10.9. The molecule has 5 nitrogen and oxygen atoms in total. The molecule has 0 aliphatic rings. The summed E-state index contributed by atoms with van der Waals surface area (Å²) in [5, 5.41) is 10.3. The van der Waals surface area contributed by atoms with Crippen molar-refractivity contribution in [2.45, 2.75) is 11.9 Å². The molecule has 0 aliphatic carbocycles. The zero-order chi connectivity index (χ0) is 16.9. The second kappa shape index (κ2) is 7.59. The summed E-state index contributed by atoms with van der Waals surface area (Å²) < 4.78 is 31.1. The van der Waals surface area contributed by atoms with Gasteiger partial charge in [-0.25, -0.2) is 12.7 Å². The number of ether oxygens (including phenoxy) is 1. The first-order valence-corrected chi connectivity index (χ1v) is 8.83. The molecule has 1 N–H and O–H groups in total. The Bertz CT molecular complexity index is 731. The van der Waals surface area contributed by atoms with Crippen molar-refractivity contribution in [2.75, 3.05) is 20.7 Å². The monoisotopic (exact) mass is 335 g/mol. The largest absolute Gasteiger partial charge is 0.497 e. The average Bonchev–Trinajstić information content (AvgIpc) is 2.55. The number of hydrogen-bond donors (Lipinski definition) is 1. The summed E-state index contributed by atoms with van der Waals surface area (Å²) >= 11 is 0. The number of aliphatic hydroxyl groups excluding tert-OH is 1. The second-order valence-corrected chi connectivity index (χ2v) is 7.39. The van der Waals surface area contributed by atoms with E-state index >= 15 is 0 Å². The van der Waals surface area contributed by atoms with E-state index in [2.05, 4.69) is 0 Å². The molecule has 2 rings (SSSR count). The molecule has 2 aromatic carbocycles. The molecule has 6 heteroatoms. The van der Waals surface area contributed by atoms with Gasteiger partial charge >= 0.3 is 0 Å². The molecule has 0 bridgehead atoms. The molecule has 0 aromatic heterocycles. The van der Waals surface area contributed by atoms with E-state index in [0.29, 0.717) is 11.3 Å². The van der Waals surface area contributed by atoms with E-state index in [1.807, 2.05) is 6.07 Å². The number of sulfonamides is 1. The van der Waals surface area contributed by atoms with Gasteiger partial charge in [0.1, 0.15) is 5.75 Å². The average molecular weight is 335 g/mol. The van der Waals surface area contributed by atoms with Crippen LogP contribution in [0.3, 0.4) is 0 Å². The van der Waals surface area contributed by atoms with Crippen LogP contribution < -0.4 is 4.74 Å². The fourth-order valence-electron chi connectivity index (χ4n) is 2.21. The standard InChI is InChI=1S/C17H21NO4S/c1-18(23(20,21)13-14-7-4-3-5-8-14)12-17(19)15-9-6-10-16(11-15)22-2/h3-11,17,19H,12-13H2,1-2H3. The minimum atomic E-state index is -3.49. The third-order valence-electron chi connectivity index (χ3n) is 3.58. The maximum absolute atomic E-state index is 12.4. The molecule has 1 atom stereocenters. The third kappa shape index (κ3) is 4.79. The van der Waals surface area contributed by atoms with Gasteiger partial charge in [0.15, 0.2) is 0 Å². The highest BCUT2D eigenvalue weighted by atomic mass is 32.2. The van der Waals surface area contributed by atoms with E-state index in [4.69, 9.17) is 4.74 Å². The molecule has 0 saturated heterocycles. The van der Waals surface area contributed by atoms with Gasteiger partial charge in [0.25, 0.3) is 0 Å². The lowest BCUT2D eigenvalue weighted by molar-refractivity contribution is 0.154. The topological polar surface area (TPSA) is 66.8 Å². The Morgan fingerprint density at radius 2 is 1.83 bits per heavy atom. The third-order valence-corrected chi connectivity index (χ3v) is 5.37. The highest BCUT2D eigenvalue weighted by Gasteiger charge is 2.22. The summed E-state index contributed by atoms with van der Waals surface area (Å²) in [6, 6.07) is 15.9. The van der Waals surface area contributed by atoms with E-state index in [-0.39, 0.29) is 12.3 Å². The molecule has 0 saturated carbocycles. The number of aliphatic hydroxyl groups is 1. The zero-order valence-corrected chi connectivity index (χ0v) is 14.0. The van der Waals surface area contributed by atoms with Crippen LogP contribution in [0.1, 0.15) is 17.2 Å². The Morgan fingerprint density at radius 1 is 1.13 bits per heavy atom. The van der Waals surface area contributed by atoms with E-state index < -0.39 is 16.1 Å². The summed E-state index contributed by atoms with van der Waals surface area (Å²) in [6.07, 6.45) is -0.916. The second-order valence-electron chi connectivity index (χ2n) is 5.31. The zero-order valence-electron chi connectivity index (χ0n) is 13.2. The Balaban J connectivity index is 2.06. The number of nitrogens with zero attached hydrogens (tertiary/aromatic N) is 1. The maximum Gasteiger partial charge on any atom is 0.218 e. The van der Waals surface area contributed by atoms with Crippen molar-refractivity contribution in [3.8, 4) is 5.75 Å². The van der Waals surface area contributed by atoms with Gasteiger partial charge in [-0.3, -0.25) is 0 Å². The Kier molecular flexibility index (Phi) is 5.76. The number of likely N-dealkylation sites (N-methyl/N-ethyl adjacent to an activating group) is 1. The van der Waals surface area contributed by atoms with Crippen molar-refractivity contribution in [1.82, 2.24) is 4.31 Å². The van der Waals surface area contributed by atoms with Crippen molar-refractivity contribution in [1.29, 1.82) is 0 Å². The molecule has 23 heavy (non-hydrogen) atoms. The first kappa shape index (κ1) is 17.5. The normalized spacial score (nSPS) is 13.0. The number of rotatable bonds is 7. The summed E-state index contributed by atoms with van der Waals surface area (Å²) in [4.78, 5) is 0. The molecule has 2 aromatic rings. The summed E-state index contributed by atoms with van der Waals surface area (Å²) in [7, 11) is -0.473.